The standard InChI is InChI=1S/C17H22N4O/c1-2-13-22-16-8-4-3-7-15(16)17(20-12-9-18-14-20)19-21-10-5-6-11-21/h3-4,7-9,12,14H,2,5-6,10-11,13H2,1H3. The first-order valence-electron chi connectivity index (χ1n) is 7.92. The molecule has 0 spiro atoms. The van der Waals surface area contributed by atoms with Crippen LogP contribution in [0.25, 0.3) is 0 Å². The van der Waals surface area contributed by atoms with Crippen LogP contribution in [0.1, 0.15) is 31.7 Å². The van der Waals surface area contributed by atoms with Crippen LogP contribution in [-0.4, -0.2) is 40.1 Å². The molecule has 22 heavy (non-hydrogen) atoms. The smallest absolute Gasteiger partial charge is 0.169 e. The topological polar surface area (TPSA) is 42.6 Å². The normalized spacial score (nSPS) is 15.3. The van der Waals surface area contributed by atoms with Crippen LogP contribution in [0, 0.1) is 0 Å². The van der Waals surface area contributed by atoms with Crippen molar-refractivity contribution in [2.24, 2.45) is 5.10 Å². The number of ether oxygens (including phenoxy) is 1. The highest BCUT2D eigenvalue weighted by molar-refractivity contribution is 6.02. The van der Waals surface area contributed by atoms with Crippen molar-refractivity contribution in [3.63, 3.8) is 0 Å². The van der Waals surface area contributed by atoms with Crippen molar-refractivity contribution < 1.29 is 4.74 Å². The van der Waals surface area contributed by atoms with Crippen LogP contribution in [0.4, 0.5) is 0 Å². The van der Waals surface area contributed by atoms with E-state index in [0.717, 1.165) is 36.7 Å². The molecule has 0 N–H and O–H groups in total. The number of hydrogen-bond donors (Lipinski definition) is 0. The zero-order valence-electron chi connectivity index (χ0n) is 13.0. The molecule has 0 radical (unpaired) electrons. The van der Waals surface area contributed by atoms with Gasteiger partial charge in [-0.25, -0.2) is 4.98 Å². The third-order valence-corrected chi connectivity index (χ3v) is 3.66. The monoisotopic (exact) mass is 298 g/mol. The minimum Gasteiger partial charge on any atom is -0.493 e. The maximum Gasteiger partial charge on any atom is 0.169 e. The summed E-state index contributed by atoms with van der Waals surface area (Å²) in [6.07, 6.45) is 8.87. The SMILES string of the molecule is CCCOc1ccccc1C(=NN1CCCC1)n1ccnc1. The molecule has 2 aromatic rings. The second-order valence-corrected chi connectivity index (χ2v) is 5.40. The Labute approximate surface area is 131 Å². The van der Waals surface area contributed by atoms with Crippen LogP contribution in [0.3, 0.4) is 0 Å². The lowest BCUT2D eigenvalue weighted by atomic mass is 10.2. The summed E-state index contributed by atoms with van der Waals surface area (Å²) in [6.45, 7) is 4.84. The first kappa shape index (κ1) is 14.6. The van der Waals surface area contributed by atoms with Crippen molar-refractivity contribution in [3.05, 3.63) is 48.5 Å². The highest BCUT2D eigenvalue weighted by atomic mass is 16.5. The molecule has 0 unspecified atom stereocenters. The quantitative estimate of drug-likeness (QED) is 0.629. The van der Waals surface area contributed by atoms with Crippen molar-refractivity contribution in [1.29, 1.82) is 0 Å². The molecule has 1 fully saturated rings. The van der Waals surface area contributed by atoms with Crippen LogP contribution in [0.15, 0.2) is 48.1 Å². The van der Waals surface area contributed by atoms with E-state index < -0.39 is 0 Å². The van der Waals surface area contributed by atoms with Gasteiger partial charge in [0.1, 0.15) is 12.1 Å². The van der Waals surface area contributed by atoms with E-state index in [1.54, 1.807) is 12.5 Å². The Morgan fingerprint density at radius 1 is 1.27 bits per heavy atom. The number of imidazole rings is 1. The largest absolute Gasteiger partial charge is 0.493 e. The Morgan fingerprint density at radius 3 is 2.82 bits per heavy atom. The van der Waals surface area contributed by atoms with Gasteiger partial charge in [0.2, 0.25) is 0 Å². The molecule has 1 saturated heterocycles. The summed E-state index contributed by atoms with van der Waals surface area (Å²) in [5, 5.41) is 6.98. The molecule has 0 amide bonds. The third-order valence-electron chi connectivity index (χ3n) is 3.66. The number of aromatic nitrogens is 2. The van der Waals surface area contributed by atoms with E-state index in [-0.39, 0.29) is 0 Å². The minimum atomic E-state index is 0.706. The lowest BCUT2D eigenvalue weighted by Crippen LogP contribution is -2.21. The molecule has 3 rings (SSSR count). The van der Waals surface area contributed by atoms with Crippen LogP contribution in [0.2, 0.25) is 0 Å². The van der Waals surface area contributed by atoms with Gasteiger partial charge in [0, 0.05) is 25.5 Å². The summed E-state index contributed by atoms with van der Waals surface area (Å²) >= 11 is 0. The fraction of sp³-hybridized carbons (Fsp3) is 0.412. The molecule has 5 heteroatoms. The van der Waals surface area contributed by atoms with Gasteiger partial charge in [-0.05, 0) is 31.4 Å². The maximum atomic E-state index is 5.90. The van der Waals surface area contributed by atoms with E-state index in [9.17, 15) is 0 Å². The van der Waals surface area contributed by atoms with Crippen molar-refractivity contribution in [3.8, 4) is 5.75 Å². The van der Waals surface area contributed by atoms with Crippen molar-refractivity contribution in [1.82, 2.24) is 14.6 Å². The second kappa shape index (κ2) is 7.11. The van der Waals surface area contributed by atoms with E-state index >= 15 is 0 Å². The third kappa shape index (κ3) is 3.30. The fourth-order valence-corrected chi connectivity index (χ4v) is 2.55. The van der Waals surface area contributed by atoms with Crippen LogP contribution in [-0.2, 0) is 0 Å². The number of hydrogen-bond acceptors (Lipinski definition) is 4. The second-order valence-electron chi connectivity index (χ2n) is 5.40. The highest BCUT2D eigenvalue weighted by Gasteiger charge is 2.16. The van der Waals surface area contributed by atoms with Crippen LogP contribution in [0.5, 0.6) is 5.75 Å². The predicted octanol–water partition coefficient (Wildman–Crippen LogP) is 2.98. The first-order valence-corrected chi connectivity index (χ1v) is 7.92. The van der Waals surface area contributed by atoms with Crippen molar-refractivity contribution in [2.45, 2.75) is 26.2 Å². The Hall–Kier alpha value is -2.30. The van der Waals surface area contributed by atoms with Crippen molar-refractivity contribution in [2.75, 3.05) is 19.7 Å². The number of hydrazone groups is 1. The average molecular weight is 298 g/mol. The summed E-state index contributed by atoms with van der Waals surface area (Å²) in [5.41, 5.74) is 1.00. The molecule has 0 bridgehead atoms. The maximum absolute atomic E-state index is 5.90. The lowest BCUT2D eigenvalue weighted by molar-refractivity contribution is 0.316. The van der Waals surface area contributed by atoms with Gasteiger partial charge in [-0.15, -0.1) is 0 Å². The van der Waals surface area contributed by atoms with E-state index in [2.05, 4.69) is 23.0 Å². The van der Waals surface area contributed by atoms with E-state index in [1.165, 1.54) is 12.8 Å². The summed E-state index contributed by atoms with van der Waals surface area (Å²) in [4.78, 5) is 4.16. The molecular weight excluding hydrogens is 276 g/mol. The average Bonchev–Trinajstić information content (AvgIpc) is 3.24. The van der Waals surface area contributed by atoms with Gasteiger partial charge in [-0.2, -0.15) is 5.10 Å². The molecule has 0 saturated carbocycles. The fourth-order valence-electron chi connectivity index (χ4n) is 2.55. The zero-order chi connectivity index (χ0) is 15.2. The number of rotatable bonds is 5. The predicted molar refractivity (Wildman–Crippen MR) is 87.2 cm³/mol. The molecule has 5 nitrogen and oxygen atoms in total. The molecule has 0 aliphatic carbocycles. The Balaban J connectivity index is 1.99. The van der Waals surface area contributed by atoms with Gasteiger partial charge in [0.05, 0.1) is 12.2 Å². The van der Waals surface area contributed by atoms with Gasteiger partial charge in [0.15, 0.2) is 5.84 Å². The summed E-state index contributed by atoms with van der Waals surface area (Å²) in [6, 6.07) is 8.07. The molecule has 0 atom stereocenters. The summed E-state index contributed by atoms with van der Waals surface area (Å²) in [5.74, 6) is 1.74. The first-order chi connectivity index (χ1) is 10.9. The van der Waals surface area contributed by atoms with Gasteiger partial charge in [-0.1, -0.05) is 19.1 Å². The molecule has 1 aromatic carbocycles. The van der Waals surface area contributed by atoms with Crippen LogP contribution < -0.4 is 4.74 Å². The Kier molecular flexibility index (Phi) is 4.73. The van der Waals surface area contributed by atoms with Crippen LogP contribution >= 0.6 is 0 Å². The number of para-hydroxylation sites is 1. The van der Waals surface area contributed by atoms with E-state index in [1.807, 2.05) is 29.0 Å². The molecule has 1 aromatic heterocycles. The van der Waals surface area contributed by atoms with Gasteiger partial charge >= 0.3 is 0 Å². The number of nitrogens with zero attached hydrogens (tertiary/aromatic N) is 4. The Bertz CT molecular complexity index is 615. The lowest BCUT2D eigenvalue weighted by Gasteiger charge is -2.17. The zero-order valence-corrected chi connectivity index (χ0v) is 13.0. The highest BCUT2D eigenvalue weighted by Crippen LogP contribution is 2.21. The van der Waals surface area contributed by atoms with E-state index in [0.29, 0.717) is 6.61 Å². The minimum absolute atomic E-state index is 0.706. The number of benzene rings is 1. The van der Waals surface area contributed by atoms with E-state index in [4.69, 9.17) is 9.84 Å². The molecule has 2 heterocycles. The summed E-state index contributed by atoms with van der Waals surface area (Å²) < 4.78 is 7.85. The van der Waals surface area contributed by atoms with Gasteiger partial charge < -0.3 is 4.74 Å². The molecular formula is C17H22N4O. The van der Waals surface area contributed by atoms with Gasteiger partial charge in [-0.3, -0.25) is 9.58 Å². The summed E-state index contributed by atoms with van der Waals surface area (Å²) in [7, 11) is 0. The Morgan fingerprint density at radius 2 is 2.09 bits per heavy atom. The van der Waals surface area contributed by atoms with Gasteiger partial charge in [0.25, 0.3) is 0 Å². The molecule has 1 aliphatic heterocycles. The molecule has 116 valence electrons. The van der Waals surface area contributed by atoms with Crippen molar-refractivity contribution >= 4 is 5.84 Å². The molecule has 1 aliphatic rings.